The molecule has 0 spiro atoms. The van der Waals surface area contributed by atoms with Gasteiger partial charge in [0.15, 0.2) is 0 Å². The predicted molar refractivity (Wildman–Crippen MR) is 66.9 cm³/mol. The van der Waals surface area contributed by atoms with E-state index in [1.54, 1.807) is 0 Å². The van der Waals surface area contributed by atoms with Crippen LogP contribution >= 0.6 is 0 Å². The van der Waals surface area contributed by atoms with E-state index in [0.717, 1.165) is 16.8 Å². The molecule has 0 bridgehead atoms. The molecule has 0 saturated heterocycles. The van der Waals surface area contributed by atoms with Crippen LogP contribution in [0.25, 0.3) is 0 Å². The summed E-state index contributed by atoms with van der Waals surface area (Å²) in [5.74, 6) is -1.25. The third kappa shape index (κ3) is 2.58. The van der Waals surface area contributed by atoms with Crippen LogP contribution in [0.2, 0.25) is 0 Å². The second-order valence-electron chi connectivity index (χ2n) is 4.14. The van der Waals surface area contributed by atoms with Crippen LogP contribution in [0.1, 0.15) is 21.9 Å². The predicted octanol–water partition coefficient (Wildman–Crippen LogP) is 1.40. The number of pyridine rings is 1. The fourth-order valence-corrected chi connectivity index (χ4v) is 1.72. The zero-order chi connectivity index (χ0) is 14.9. The van der Waals surface area contributed by atoms with Crippen molar-refractivity contribution < 1.29 is 19.2 Å². The number of rotatable bonds is 4. The molecule has 8 nitrogen and oxygen atoms in total. The maximum Gasteiger partial charge on any atom is 0.371 e. The van der Waals surface area contributed by atoms with Gasteiger partial charge in [0.25, 0.3) is 11.2 Å². The number of hydrogen-bond acceptors (Lipinski definition) is 5. The van der Waals surface area contributed by atoms with Gasteiger partial charge in [0.1, 0.15) is 5.76 Å². The van der Waals surface area contributed by atoms with Gasteiger partial charge in [0.2, 0.25) is 5.76 Å². The fraction of sp³-hybridized carbons (Fsp3) is 0.167. The molecule has 0 aliphatic rings. The van der Waals surface area contributed by atoms with E-state index in [1.165, 1.54) is 19.1 Å². The van der Waals surface area contributed by atoms with E-state index in [2.05, 4.69) is 0 Å². The summed E-state index contributed by atoms with van der Waals surface area (Å²) in [5, 5.41) is 19.5. The molecular weight excluding hydrogens is 268 g/mol. The third-order valence-corrected chi connectivity index (χ3v) is 2.70. The van der Waals surface area contributed by atoms with E-state index in [0.29, 0.717) is 0 Å². The van der Waals surface area contributed by atoms with E-state index in [-0.39, 0.29) is 29.3 Å². The summed E-state index contributed by atoms with van der Waals surface area (Å²) in [4.78, 5) is 32.6. The van der Waals surface area contributed by atoms with Crippen molar-refractivity contribution in [1.82, 2.24) is 4.57 Å². The number of carbonyl (C=O) groups is 1. The number of carboxylic acids is 1. The molecule has 2 aromatic heterocycles. The largest absolute Gasteiger partial charge is 0.475 e. The monoisotopic (exact) mass is 278 g/mol. The van der Waals surface area contributed by atoms with Crippen molar-refractivity contribution in [2.45, 2.75) is 13.5 Å². The summed E-state index contributed by atoms with van der Waals surface area (Å²) in [7, 11) is 0. The maximum atomic E-state index is 11.7. The van der Waals surface area contributed by atoms with Crippen LogP contribution < -0.4 is 5.56 Å². The van der Waals surface area contributed by atoms with Crippen LogP contribution in [-0.4, -0.2) is 20.6 Å². The molecule has 1 N–H and O–H groups in total. The molecule has 0 unspecified atom stereocenters. The summed E-state index contributed by atoms with van der Waals surface area (Å²) in [6.45, 7) is 1.40. The first-order valence-electron chi connectivity index (χ1n) is 5.56. The Hall–Kier alpha value is -2.90. The lowest BCUT2D eigenvalue weighted by molar-refractivity contribution is -0.385. The van der Waals surface area contributed by atoms with Gasteiger partial charge in [-0.2, -0.15) is 0 Å². The van der Waals surface area contributed by atoms with Gasteiger partial charge >= 0.3 is 5.97 Å². The lowest BCUT2D eigenvalue weighted by atomic mass is 10.2. The molecule has 0 atom stereocenters. The smallest absolute Gasteiger partial charge is 0.371 e. The molecular formula is C12H10N2O6. The molecule has 0 saturated carbocycles. The first kappa shape index (κ1) is 13.5. The normalized spacial score (nSPS) is 10.4. The Morgan fingerprint density at radius 2 is 2.20 bits per heavy atom. The summed E-state index contributed by atoms with van der Waals surface area (Å²) in [6, 6.07) is 3.81. The number of nitro groups is 1. The summed E-state index contributed by atoms with van der Waals surface area (Å²) >= 11 is 0. The molecule has 2 rings (SSSR count). The molecule has 0 amide bonds. The Labute approximate surface area is 112 Å². The maximum absolute atomic E-state index is 11.7. The highest BCUT2D eigenvalue weighted by Gasteiger charge is 2.15. The van der Waals surface area contributed by atoms with E-state index < -0.39 is 16.5 Å². The molecule has 8 heteroatoms. The second-order valence-corrected chi connectivity index (χ2v) is 4.14. The number of furan rings is 1. The van der Waals surface area contributed by atoms with Crippen LogP contribution in [0, 0.1) is 17.0 Å². The highest BCUT2D eigenvalue weighted by atomic mass is 16.6. The minimum Gasteiger partial charge on any atom is -0.475 e. The minimum absolute atomic E-state index is 0.0762. The summed E-state index contributed by atoms with van der Waals surface area (Å²) < 4.78 is 6.10. The molecule has 20 heavy (non-hydrogen) atoms. The third-order valence-electron chi connectivity index (χ3n) is 2.70. The van der Waals surface area contributed by atoms with E-state index in [9.17, 15) is 19.7 Å². The highest BCUT2D eigenvalue weighted by Crippen LogP contribution is 2.15. The van der Waals surface area contributed by atoms with Gasteiger partial charge < -0.3 is 14.1 Å². The Bertz CT molecular complexity index is 743. The van der Waals surface area contributed by atoms with Crippen molar-refractivity contribution in [3.05, 3.63) is 61.9 Å². The van der Waals surface area contributed by atoms with Crippen LogP contribution in [0.5, 0.6) is 0 Å². The average molecular weight is 278 g/mol. The lowest BCUT2D eigenvalue weighted by Crippen LogP contribution is -2.20. The lowest BCUT2D eigenvalue weighted by Gasteiger charge is -2.04. The van der Waals surface area contributed by atoms with Crippen molar-refractivity contribution >= 4 is 11.7 Å². The SMILES string of the molecule is Cc1cc(=O)n(Cc2ccc(C(=O)O)o2)cc1[N+](=O)[O-]. The van der Waals surface area contributed by atoms with Crippen LogP contribution in [0.4, 0.5) is 5.69 Å². The van der Waals surface area contributed by atoms with Crippen molar-refractivity contribution in [3.63, 3.8) is 0 Å². The summed E-state index contributed by atoms with van der Waals surface area (Å²) in [5.41, 5.74) is -0.349. The van der Waals surface area contributed by atoms with E-state index in [4.69, 9.17) is 9.52 Å². The number of aryl methyl sites for hydroxylation is 1. The van der Waals surface area contributed by atoms with Crippen molar-refractivity contribution in [2.24, 2.45) is 0 Å². The number of hydrogen-bond donors (Lipinski definition) is 1. The standard InChI is InChI=1S/C12H10N2O6/c1-7-4-11(15)13(6-9(7)14(18)19)5-8-2-3-10(20-8)12(16)17/h2-4,6H,5H2,1H3,(H,16,17). The quantitative estimate of drug-likeness (QED) is 0.667. The molecule has 0 aliphatic heterocycles. The second kappa shape index (κ2) is 5.00. The van der Waals surface area contributed by atoms with Crippen LogP contribution in [-0.2, 0) is 6.54 Å². The number of carboxylic acid groups (broad SMARTS) is 1. The van der Waals surface area contributed by atoms with Crippen molar-refractivity contribution in [3.8, 4) is 0 Å². The van der Waals surface area contributed by atoms with Gasteiger partial charge in [-0.15, -0.1) is 0 Å². The van der Waals surface area contributed by atoms with Gasteiger partial charge in [0.05, 0.1) is 17.7 Å². The molecule has 0 aromatic carbocycles. The Kier molecular flexibility index (Phi) is 3.38. The molecule has 0 fully saturated rings. The zero-order valence-corrected chi connectivity index (χ0v) is 10.4. The fourth-order valence-electron chi connectivity index (χ4n) is 1.72. The molecule has 0 radical (unpaired) electrons. The minimum atomic E-state index is -1.22. The zero-order valence-electron chi connectivity index (χ0n) is 10.4. The van der Waals surface area contributed by atoms with Crippen molar-refractivity contribution in [1.29, 1.82) is 0 Å². The molecule has 2 aromatic rings. The van der Waals surface area contributed by atoms with Gasteiger partial charge in [-0.05, 0) is 19.1 Å². The van der Waals surface area contributed by atoms with Crippen LogP contribution in [0.3, 0.4) is 0 Å². The van der Waals surface area contributed by atoms with E-state index in [1.807, 2.05) is 0 Å². The Morgan fingerprint density at radius 3 is 2.75 bits per heavy atom. The average Bonchev–Trinajstić information content (AvgIpc) is 2.80. The summed E-state index contributed by atoms with van der Waals surface area (Å²) in [6.07, 6.45) is 1.11. The van der Waals surface area contributed by atoms with Crippen molar-refractivity contribution in [2.75, 3.05) is 0 Å². The van der Waals surface area contributed by atoms with Crippen LogP contribution in [0.15, 0.2) is 33.6 Å². The number of nitrogens with zero attached hydrogens (tertiary/aromatic N) is 2. The van der Waals surface area contributed by atoms with E-state index >= 15 is 0 Å². The number of aromatic nitrogens is 1. The van der Waals surface area contributed by atoms with Gasteiger partial charge in [-0.3, -0.25) is 14.9 Å². The molecule has 0 aliphatic carbocycles. The first-order valence-corrected chi connectivity index (χ1v) is 5.56. The molecule has 104 valence electrons. The van der Waals surface area contributed by atoms with Gasteiger partial charge in [-0.25, -0.2) is 4.79 Å². The Balaban J connectivity index is 2.37. The number of aromatic carboxylic acids is 1. The Morgan fingerprint density at radius 1 is 1.50 bits per heavy atom. The topological polar surface area (TPSA) is 116 Å². The first-order chi connectivity index (χ1) is 9.38. The van der Waals surface area contributed by atoms with Gasteiger partial charge in [0, 0.05) is 11.6 Å². The molecule has 2 heterocycles. The highest BCUT2D eigenvalue weighted by molar-refractivity contribution is 5.84. The van der Waals surface area contributed by atoms with Gasteiger partial charge in [-0.1, -0.05) is 0 Å².